The Kier molecular flexibility index (Phi) is 2.69. The van der Waals surface area contributed by atoms with E-state index in [0.29, 0.717) is 12.1 Å². The van der Waals surface area contributed by atoms with Crippen molar-refractivity contribution in [2.75, 3.05) is 0 Å². The first kappa shape index (κ1) is 8.59. The summed E-state index contributed by atoms with van der Waals surface area (Å²) in [6.45, 7) is 0. The van der Waals surface area contributed by atoms with Gasteiger partial charge < -0.3 is 10.8 Å². The molecule has 0 atom stereocenters. The van der Waals surface area contributed by atoms with E-state index in [1.165, 1.54) is 0 Å². The number of aliphatic carboxylic acids is 1. The van der Waals surface area contributed by atoms with Gasteiger partial charge in [-0.25, -0.2) is 0 Å². The highest BCUT2D eigenvalue weighted by Gasteiger charge is 1.98. The van der Waals surface area contributed by atoms with Gasteiger partial charge in [-0.1, -0.05) is 12.1 Å². The molecule has 0 bridgehead atoms. The van der Waals surface area contributed by atoms with Gasteiger partial charge in [0.25, 0.3) is 0 Å². The van der Waals surface area contributed by atoms with Crippen LogP contribution in [0.1, 0.15) is 12.0 Å². The quantitative estimate of drug-likeness (QED) is 0.737. The SMILES string of the molecule is [NH]c1cccc(CCC(=O)O)c1. The third-order valence-corrected chi connectivity index (χ3v) is 1.55. The van der Waals surface area contributed by atoms with Gasteiger partial charge >= 0.3 is 5.97 Å². The fourth-order valence-electron chi connectivity index (χ4n) is 0.978. The van der Waals surface area contributed by atoms with E-state index in [0.717, 1.165) is 5.56 Å². The molecule has 3 nitrogen and oxygen atoms in total. The predicted octanol–water partition coefficient (Wildman–Crippen LogP) is 1.62. The fourth-order valence-corrected chi connectivity index (χ4v) is 0.978. The van der Waals surface area contributed by atoms with Crippen molar-refractivity contribution in [1.29, 1.82) is 0 Å². The van der Waals surface area contributed by atoms with Crippen LogP contribution in [-0.4, -0.2) is 11.1 Å². The van der Waals surface area contributed by atoms with Crippen molar-refractivity contribution in [3.05, 3.63) is 29.8 Å². The number of carbonyl (C=O) groups is 1. The minimum atomic E-state index is -0.801. The topological polar surface area (TPSA) is 61.1 Å². The van der Waals surface area contributed by atoms with E-state index in [2.05, 4.69) is 0 Å². The maximum absolute atomic E-state index is 10.2. The van der Waals surface area contributed by atoms with E-state index in [9.17, 15) is 4.79 Å². The van der Waals surface area contributed by atoms with Crippen molar-refractivity contribution >= 4 is 11.7 Å². The highest BCUT2D eigenvalue weighted by Crippen LogP contribution is 2.09. The largest absolute Gasteiger partial charge is 0.481 e. The lowest BCUT2D eigenvalue weighted by atomic mass is 10.1. The lowest BCUT2D eigenvalue weighted by Gasteiger charge is -1.98. The van der Waals surface area contributed by atoms with Gasteiger partial charge in [0.15, 0.2) is 0 Å². The number of rotatable bonds is 3. The zero-order valence-corrected chi connectivity index (χ0v) is 6.58. The van der Waals surface area contributed by atoms with Crippen LogP contribution in [0.5, 0.6) is 0 Å². The number of aryl methyl sites for hydroxylation is 1. The molecule has 0 fully saturated rings. The molecule has 0 amide bonds. The molecule has 0 spiro atoms. The molecule has 0 heterocycles. The van der Waals surface area contributed by atoms with Crippen LogP contribution in [0.2, 0.25) is 0 Å². The second-order valence-corrected chi connectivity index (χ2v) is 2.59. The van der Waals surface area contributed by atoms with Gasteiger partial charge in [0.1, 0.15) is 0 Å². The molecule has 1 aromatic rings. The van der Waals surface area contributed by atoms with Crippen LogP contribution in [0, 0.1) is 0 Å². The third kappa shape index (κ3) is 2.62. The van der Waals surface area contributed by atoms with Crippen molar-refractivity contribution < 1.29 is 9.90 Å². The van der Waals surface area contributed by atoms with Crippen LogP contribution >= 0.6 is 0 Å². The highest BCUT2D eigenvalue weighted by molar-refractivity contribution is 5.67. The van der Waals surface area contributed by atoms with Gasteiger partial charge in [0, 0.05) is 6.42 Å². The zero-order valence-electron chi connectivity index (χ0n) is 6.58. The number of benzene rings is 1. The molecule has 0 unspecified atom stereocenters. The van der Waals surface area contributed by atoms with Crippen LogP contribution in [0.4, 0.5) is 5.69 Å². The average Bonchev–Trinajstić information content (AvgIpc) is 2.01. The molecule has 0 saturated heterocycles. The summed E-state index contributed by atoms with van der Waals surface area (Å²) >= 11 is 0. The smallest absolute Gasteiger partial charge is 0.303 e. The first-order valence-electron chi connectivity index (χ1n) is 3.71. The Morgan fingerprint density at radius 1 is 1.50 bits per heavy atom. The minimum Gasteiger partial charge on any atom is -0.481 e. The van der Waals surface area contributed by atoms with E-state index in [-0.39, 0.29) is 6.42 Å². The Morgan fingerprint density at radius 3 is 2.83 bits per heavy atom. The first-order valence-corrected chi connectivity index (χ1v) is 3.71. The number of nitrogens with one attached hydrogen (secondary N) is 1. The molecule has 0 aliphatic carbocycles. The van der Waals surface area contributed by atoms with Gasteiger partial charge in [-0.05, 0) is 24.1 Å². The normalized spacial score (nSPS) is 9.67. The summed E-state index contributed by atoms with van der Waals surface area (Å²) < 4.78 is 0. The summed E-state index contributed by atoms with van der Waals surface area (Å²) in [7, 11) is 0. The van der Waals surface area contributed by atoms with Gasteiger partial charge in [-0.2, -0.15) is 0 Å². The summed E-state index contributed by atoms with van der Waals surface area (Å²) in [5.41, 5.74) is 8.61. The average molecular weight is 164 g/mol. The predicted molar refractivity (Wildman–Crippen MR) is 45.2 cm³/mol. The molecule has 3 heteroatoms. The second kappa shape index (κ2) is 3.76. The van der Waals surface area contributed by atoms with Crippen LogP contribution in [0.15, 0.2) is 24.3 Å². The standard InChI is InChI=1S/C9H10NO2/c10-8-3-1-2-7(6-8)4-5-9(11)12/h1-3,6,10H,4-5H2,(H,11,12). The second-order valence-electron chi connectivity index (χ2n) is 2.59. The number of carboxylic acid groups (broad SMARTS) is 1. The van der Waals surface area contributed by atoms with Crippen LogP contribution in [0.3, 0.4) is 0 Å². The van der Waals surface area contributed by atoms with Crippen LogP contribution in [-0.2, 0) is 11.2 Å². The molecule has 2 N–H and O–H groups in total. The van der Waals surface area contributed by atoms with Crippen LogP contribution < -0.4 is 5.73 Å². The fraction of sp³-hybridized carbons (Fsp3) is 0.222. The Bertz CT molecular complexity index is 284. The molecule has 0 aliphatic rings. The summed E-state index contributed by atoms with van der Waals surface area (Å²) in [4.78, 5) is 10.2. The van der Waals surface area contributed by atoms with Crippen LogP contribution in [0.25, 0.3) is 0 Å². The molecule has 0 aliphatic heterocycles. The Labute approximate surface area is 70.8 Å². The van der Waals surface area contributed by atoms with Crippen molar-refractivity contribution in [2.24, 2.45) is 0 Å². The summed E-state index contributed by atoms with van der Waals surface area (Å²) in [5.74, 6) is -0.801. The van der Waals surface area contributed by atoms with Gasteiger partial charge in [0.05, 0.1) is 5.69 Å². The molecule has 63 valence electrons. The number of carboxylic acids is 1. The van der Waals surface area contributed by atoms with Gasteiger partial charge in [-0.15, -0.1) is 0 Å². The Balaban J connectivity index is 2.57. The van der Waals surface area contributed by atoms with E-state index >= 15 is 0 Å². The molecular weight excluding hydrogens is 154 g/mol. The molecule has 1 aromatic carbocycles. The molecule has 1 radical (unpaired) electrons. The Morgan fingerprint density at radius 2 is 2.25 bits per heavy atom. The summed E-state index contributed by atoms with van der Waals surface area (Å²) in [5, 5.41) is 8.40. The maximum Gasteiger partial charge on any atom is 0.303 e. The van der Waals surface area contributed by atoms with E-state index < -0.39 is 5.97 Å². The number of hydrogen-bond donors (Lipinski definition) is 1. The Hall–Kier alpha value is -1.51. The highest BCUT2D eigenvalue weighted by atomic mass is 16.4. The monoisotopic (exact) mass is 164 g/mol. The van der Waals surface area contributed by atoms with Gasteiger partial charge in [0.2, 0.25) is 0 Å². The summed E-state index contributed by atoms with van der Waals surface area (Å²) in [6, 6.07) is 6.95. The lowest BCUT2D eigenvalue weighted by Crippen LogP contribution is -1.97. The molecule has 0 saturated carbocycles. The van der Waals surface area contributed by atoms with E-state index in [1.54, 1.807) is 18.2 Å². The van der Waals surface area contributed by atoms with Gasteiger partial charge in [-0.3, -0.25) is 4.79 Å². The first-order chi connectivity index (χ1) is 5.68. The molecule has 0 aromatic heterocycles. The summed E-state index contributed by atoms with van der Waals surface area (Å²) in [6.07, 6.45) is 0.630. The molecular formula is C9H10NO2. The minimum absolute atomic E-state index is 0.128. The third-order valence-electron chi connectivity index (χ3n) is 1.55. The molecule has 12 heavy (non-hydrogen) atoms. The lowest BCUT2D eigenvalue weighted by molar-refractivity contribution is -0.136. The van der Waals surface area contributed by atoms with Crippen molar-refractivity contribution in [2.45, 2.75) is 12.8 Å². The van der Waals surface area contributed by atoms with E-state index in [1.807, 2.05) is 6.07 Å². The maximum atomic E-state index is 10.2. The number of hydrogen-bond acceptors (Lipinski definition) is 1. The zero-order chi connectivity index (χ0) is 8.97. The van der Waals surface area contributed by atoms with Crippen molar-refractivity contribution in [3.8, 4) is 0 Å². The van der Waals surface area contributed by atoms with Crippen molar-refractivity contribution in [3.63, 3.8) is 0 Å². The van der Waals surface area contributed by atoms with Crippen molar-refractivity contribution in [1.82, 2.24) is 5.73 Å². The van der Waals surface area contributed by atoms with E-state index in [4.69, 9.17) is 10.8 Å². The molecule has 1 rings (SSSR count).